The molecule has 0 saturated carbocycles. The van der Waals surface area contributed by atoms with Crippen LogP contribution in [0.25, 0.3) is 5.13 Å². The Hall–Kier alpha value is -2.54. The Balaban J connectivity index is 1.59. The van der Waals surface area contributed by atoms with Gasteiger partial charge in [-0.2, -0.15) is 0 Å². The zero-order chi connectivity index (χ0) is 18.4. The third-order valence-electron chi connectivity index (χ3n) is 5.24. The Labute approximate surface area is 155 Å². The summed E-state index contributed by atoms with van der Waals surface area (Å²) in [6.45, 7) is 3.59. The quantitative estimate of drug-likeness (QED) is 0.472. The van der Waals surface area contributed by atoms with Gasteiger partial charge in [-0.05, 0) is 32.8 Å². The largest absolute Gasteiger partial charge is 0.294 e. The summed E-state index contributed by atoms with van der Waals surface area (Å²) in [5.41, 5.74) is 2.21. The lowest BCUT2D eigenvalue weighted by atomic mass is 9.85. The van der Waals surface area contributed by atoms with Gasteiger partial charge in [-0.25, -0.2) is 4.98 Å². The molecule has 1 fully saturated rings. The lowest BCUT2D eigenvalue weighted by Gasteiger charge is -2.14. The summed E-state index contributed by atoms with van der Waals surface area (Å²) in [6.07, 6.45) is 6.77. The molecule has 6 nitrogen and oxygen atoms in total. The first kappa shape index (κ1) is 16.9. The Morgan fingerprint density at radius 1 is 1.19 bits per heavy atom. The number of hydrogen-bond acceptors (Lipinski definition) is 5. The summed E-state index contributed by atoms with van der Waals surface area (Å²) in [5.74, 6) is -1.25. The van der Waals surface area contributed by atoms with Crippen LogP contribution in [0, 0.1) is 25.7 Å². The van der Waals surface area contributed by atoms with Crippen LogP contribution in [0.5, 0.6) is 0 Å². The Bertz CT molecular complexity index is 900. The van der Waals surface area contributed by atoms with Gasteiger partial charge in [-0.1, -0.05) is 12.2 Å². The van der Waals surface area contributed by atoms with E-state index in [1.165, 1.54) is 11.3 Å². The summed E-state index contributed by atoms with van der Waals surface area (Å²) in [4.78, 5) is 43.4. The van der Waals surface area contributed by atoms with E-state index in [1.54, 1.807) is 12.3 Å². The zero-order valence-electron chi connectivity index (χ0n) is 14.6. The average Bonchev–Trinajstić information content (AvgIpc) is 3.31. The van der Waals surface area contributed by atoms with Crippen molar-refractivity contribution in [1.29, 1.82) is 0 Å². The number of Topliss-reactive ketones (excluding diaryl/α,β-unsaturated/α-hetero) is 1. The van der Waals surface area contributed by atoms with Crippen molar-refractivity contribution in [3.05, 3.63) is 46.7 Å². The topological polar surface area (TPSA) is 72.3 Å². The molecule has 0 radical (unpaired) electrons. The maximum Gasteiger partial charge on any atom is 0.233 e. The van der Waals surface area contributed by atoms with Gasteiger partial charge in [0.2, 0.25) is 11.8 Å². The molecular weight excluding hydrogens is 350 g/mol. The van der Waals surface area contributed by atoms with Crippen LogP contribution >= 0.6 is 11.3 Å². The second kappa shape index (κ2) is 6.32. The molecule has 1 saturated heterocycles. The summed E-state index contributed by atoms with van der Waals surface area (Å²) in [5, 5.41) is 2.68. The fourth-order valence-corrected chi connectivity index (χ4v) is 4.67. The number of nitrogens with zero attached hydrogens (tertiary/aromatic N) is 3. The first-order valence-electron chi connectivity index (χ1n) is 8.61. The van der Waals surface area contributed by atoms with Crippen LogP contribution in [0.3, 0.4) is 0 Å². The number of fused-ring (bicyclic) bond motifs is 1. The third-order valence-corrected chi connectivity index (χ3v) is 6.00. The highest BCUT2D eigenvalue weighted by atomic mass is 32.1. The minimum absolute atomic E-state index is 0.188. The molecule has 2 atom stereocenters. The van der Waals surface area contributed by atoms with Crippen LogP contribution in [0.15, 0.2) is 29.8 Å². The number of likely N-dealkylation sites (tertiary alicyclic amines) is 1. The van der Waals surface area contributed by atoms with Gasteiger partial charge in [-0.3, -0.25) is 23.9 Å². The molecule has 0 spiro atoms. The summed E-state index contributed by atoms with van der Waals surface area (Å²) >= 11 is 1.49. The fraction of sp³-hybridized carbons (Fsp3) is 0.368. The molecule has 7 heteroatoms. The molecule has 2 aromatic heterocycles. The first-order chi connectivity index (χ1) is 12.5. The average molecular weight is 369 g/mol. The van der Waals surface area contributed by atoms with Gasteiger partial charge in [-0.15, -0.1) is 11.3 Å². The number of aryl methyl sites for hydroxylation is 1. The van der Waals surface area contributed by atoms with Gasteiger partial charge < -0.3 is 0 Å². The summed E-state index contributed by atoms with van der Waals surface area (Å²) < 4.78 is 1.93. The minimum atomic E-state index is -0.303. The molecule has 26 heavy (non-hydrogen) atoms. The maximum atomic E-state index is 12.9. The van der Waals surface area contributed by atoms with Crippen molar-refractivity contribution in [2.45, 2.75) is 26.7 Å². The molecule has 3 heterocycles. The summed E-state index contributed by atoms with van der Waals surface area (Å²) in [7, 11) is 0. The Kier molecular flexibility index (Phi) is 4.11. The molecule has 134 valence electrons. The van der Waals surface area contributed by atoms with Crippen LogP contribution in [-0.4, -0.2) is 38.6 Å². The fourth-order valence-electron chi connectivity index (χ4n) is 3.92. The standard InChI is InChI=1S/C19H19N3O3S/c1-11-9-15(12(2)22(11)19-20-7-8-26-19)16(23)10-21-17(24)13-5-3-4-6-14(13)18(21)25/h3-4,7-9,13-14H,5-6,10H2,1-2H3/t13-,14-/m0/s1. The number of carbonyl (C=O) groups is 3. The van der Waals surface area contributed by atoms with Crippen LogP contribution in [-0.2, 0) is 9.59 Å². The molecule has 2 aliphatic rings. The maximum absolute atomic E-state index is 12.9. The van der Waals surface area contributed by atoms with E-state index in [0.717, 1.165) is 21.4 Å². The lowest BCUT2D eigenvalue weighted by Crippen LogP contribution is -2.36. The molecule has 0 unspecified atom stereocenters. The van der Waals surface area contributed by atoms with Gasteiger partial charge in [0, 0.05) is 28.5 Å². The highest BCUT2D eigenvalue weighted by Gasteiger charge is 2.47. The molecular formula is C19H19N3O3S. The number of thiazole rings is 1. The molecule has 2 aromatic rings. The van der Waals surface area contributed by atoms with E-state index in [1.807, 2.05) is 35.9 Å². The van der Waals surface area contributed by atoms with Crippen LogP contribution in [0.1, 0.15) is 34.6 Å². The van der Waals surface area contributed by atoms with E-state index < -0.39 is 0 Å². The van der Waals surface area contributed by atoms with Crippen LogP contribution in [0.2, 0.25) is 0 Å². The van der Waals surface area contributed by atoms with E-state index in [2.05, 4.69) is 4.98 Å². The highest BCUT2D eigenvalue weighted by Crippen LogP contribution is 2.35. The lowest BCUT2D eigenvalue weighted by molar-refractivity contribution is -0.139. The van der Waals surface area contributed by atoms with Gasteiger partial charge in [0.15, 0.2) is 10.9 Å². The molecule has 0 aromatic carbocycles. The Morgan fingerprint density at radius 2 is 1.85 bits per heavy atom. The van der Waals surface area contributed by atoms with E-state index in [4.69, 9.17) is 0 Å². The van der Waals surface area contributed by atoms with E-state index >= 15 is 0 Å². The van der Waals surface area contributed by atoms with Crippen molar-refractivity contribution >= 4 is 28.9 Å². The van der Waals surface area contributed by atoms with E-state index in [-0.39, 0.29) is 36.0 Å². The molecule has 2 amide bonds. The van der Waals surface area contributed by atoms with Crippen molar-refractivity contribution in [3.8, 4) is 5.13 Å². The molecule has 0 bridgehead atoms. The molecule has 1 aliphatic carbocycles. The van der Waals surface area contributed by atoms with Crippen molar-refractivity contribution in [2.24, 2.45) is 11.8 Å². The van der Waals surface area contributed by atoms with E-state index in [9.17, 15) is 14.4 Å². The number of imide groups is 1. The predicted octanol–water partition coefficient (Wildman–Crippen LogP) is 2.68. The molecule has 1 aliphatic heterocycles. The van der Waals surface area contributed by atoms with Crippen LogP contribution in [0.4, 0.5) is 0 Å². The number of hydrogen-bond donors (Lipinski definition) is 0. The highest BCUT2D eigenvalue weighted by molar-refractivity contribution is 7.12. The number of aromatic nitrogens is 2. The second-order valence-corrected chi connectivity index (χ2v) is 7.65. The van der Waals surface area contributed by atoms with Gasteiger partial charge in [0.1, 0.15) is 0 Å². The Morgan fingerprint density at radius 3 is 2.42 bits per heavy atom. The van der Waals surface area contributed by atoms with Crippen molar-refractivity contribution in [2.75, 3.05) is 6.54 Å². The monoisotopic (exact) mass is 369 g/mol. The molecule has 0 N–H and O–H groups in total. The van der Waals surface area contributed by atoms with Crippen molar-refractivity contribution in [1.82, 2.24) is 14.5 Å². The number of rotatable bonds is 4. The van der Waals surface area contributed by atoms with Gasteiger partial charge in [0.05, 0.1) is 18.4 Å². The summed E-state index contributed by atoms with van der Waals surface area (Å²) in [6, 6.07) is 1.80. The van der Waals surface area contributed by atoms with Crippen molar-refractivity contribution < 1.29 is 14.4 Å². The number of amides is 2. The van der Waals surface area contributed by atoms with E-state index in [0.29, 0.717) is 18.4 Å². The zero-order valence-corrected chi connectivity index (χ0v) is 15.5. The van der Waals surface area contributed by atoms with Crippen molar-refractivity contribution in [3.63, 3.8) is 0 Å². The van der Waals surface area contributed by atoms with Gasteiger partial charge in [0.25, 0.3) is 0 Å². The van der Waals surface area contributed by atoms with Crippen LogP contribution < -0.4 is 0 Å². The molecule has 4 rings (SSSR count). The number of ketones is 1. The smallest absolute Gasteiger partial charge is 0.233 e. The second-order valence-electron chi connectivity index (χ2n) is 6.78. The predicted molar refractivity (Wildman–Crippen MR) is 97.3 cm³/mol. The third kappa shape index (κ3) is 2.54. The SMILES string of the molecule is Cc1cc(C(=O)CN2C(=O)[C@H]3CC=CC[C@@H]3C2=O)c(C)n1-c1nccs1. The number of carbonyl (C=O) groups excluding carboxylic acids is 3. The normalized spacial score (nSPS) is 22.2. The van der Waals surface area contributed by atoms with Gasteiger partial charge >= 0.3 is 0 Å². The first-order valence-corrected chi connectivity index (χ1v) is 9.49. The number of allylic oxidation sites excluding steroid dienone is 2. The minimum Gasteiger partial charge on any atom is -0.294 e.